The SMILES string of the molecule is CC(Oc1ccc(Cl)cc1[N+](=O)[O-])C(=O)N1CCC(CN)CC1.Cl. The van der Waals surface area contributed by atoms with E-state index in [0.29, 0.717) is 25.6 Å². The standard InChI is InChI=1S/C15H20ClN3O4.ClH/c1-10(15(20)18-6-4-11(9-17)5-7-18)23-14-3-2-12(16)8-13(14)19(21)22;/h2-3,8,10-11H,4-7,9,17H2,1H3;1H. The molecule has 1 amide bonds. The number of hydrogen-bond acceptors (Lipinski definition) is 5. The molecule has 1 aliphatic heterocycles. The van der Waals surface area contributed by atoms with Crippen molar-refractivity contribution in [1.29, 1.82) is 0 Å². The van der Waals surface area contributed by atoms with Crippen LogP contribution in [0.1, 0.15) is 19.8 Å². The number of nitro benzene ring substituents is 1. The summed E-state index contributed by atoms with van der Waals surface area (Å²) < 4.78 is 5.51. The Morgan fingerprint density at radius 3 is 2.67 bits per heavy atom. The number of amides is 1. The fourth-order valence-electron chi connectivity index (χ4n) is 2.62. The smallest absolute Gasteiger partial charge is 0.312 e. The van der Waals surface area contributed by atoms with E-state index in [9.17, 15) is 14.9 Å². The molecule has 1 fully saturated rings. The summed E-state index contributed by atoms with van der Waals surface area (Å²) in [5.41, 5.74) is 5.39. The van der Waals surface area contributed by atoms with E-state index >= 15 is 0 Å². The molecule has 0 saturated carbocycles. The van der Waals surface area contributed by atoms with Gasteiger partial charge in [0.25, 0.3) is 5.91 Å². The molecule has 0 aliphatic carbocycles. The summed E-state index contributed by atoms with van der Waals surface area (Å²) in [5, 5.41) is 11.3. The average Bonchev–Trinajstić information content (AvgIpc) is 2.55. The van der Waals surface area contributed by atoms with Crippen molar-refractivity contribution in [2.24, 2.45) is 11.7 Å². The van der Waals surface area contributed by atoms with Crippen molar-refractivity contribution in [3.05, 3.63) is 33.3 Å². The quantitative estimate of drug-likeness (QED) is 0.627. The molecule has 134 valence electrons. The largest absolute Gasteiger partial charge is 0.474 e. The van der Waals surface area contributed by atoms with E-state index in [1.54, 1.807) is 11.8 Å². The molecule has 0 spiro atoms. The lowest BCUT2D eigenvalue weighted by atomic mass is 9.97. The van der Waals surface area contributed by atoms with Gasteiger partial charge in [0.15, 0.2) is 11.9 Å². The van der Waals surface area contributed by atoms with E-state index in [-0.39, 0.29) is 34.8 Å². The number of carbonyl (C=O) groups is 1. The summed E-state index contributed by atoms with van der Waals surface area (Å²) >= 11 is 5.76. The Morgan fingerprint density at radius 1 is 1.50 bits per heavy atom. The van der Waals surface area contributed by atoms with Gasteiger partial charge in [-0.15, -0.1) is 12.4 Å². The van der Waals surface area contributed by atoms with Gasteiger partial charge < -0.3 is 15.4 Å². The Labute approximate surface area is 151 Å². The van der Waals surface area contributed by atoms with E-state index in [1.807, 2.05) is 0 Å². The molecule has 1 unspecified atom stereocenters. The van der Waals surface area contributed by atoms with Crippen LogP contribution in [0.15, 0.2) is 18.2 Å². The Balaban J connectivity index is 0.00000288. The maximum atomic E-state index is 12.4. The van der Waals surface area contributed by atoms with Crippen molar-refractivity contribution in [2.75, 3.05) is 19.6 Å². The molecule has 1 atom stereocenters. The van der Waals surface area contributed by atoms with Crippen molar-refractivity contribution < 1.29 is 14.5 Å². The summed E-state index contributed by atoms with van der Waals surface area (Å²) in [7, 11) is 0. The molecule has 24 heavy (non-hydrogen) atoms. The van der Waals surface area contributed by atoms with Crippen molar-refractivity contribution in [3.8, 4) is 5.75 Å². The second kappa shape index (κ2) is 9.05. The summed E-state index contributed by atoms with van der Waals surface area (Å²) in [6, 6.07) is 4.11. The maximum Gasteiger partial charge on any atom is 0.312 e. The second-order valence-corrected chi connectivity index (χ2v) is 6.07. The number of nitro groups is 1. The lowest BCUT2D eigenvalue weighted by molar-refractivity contribution is -0.386. The van der Waals surface area contributed by atoms with Crippen molar-refractivity contribution >= 4 is 35.6 Å². The van der Waals surface area contributed by atoms with Crippen molar-refractivity contribution in [2.45, 2.75) is 25.9 Å². The van der Waals surface area contributed by atoms with Gasteiger partial charge in [-0.1, -0.05) is 11.6 Å². The van der Waals surface area contributed by atoms with Gasteiger partial charge in [0.05, 0.1) is 4.92 Å². The van der Waals surface area contributed by atoms with Crippen molar-refractivity contribution in [3.63, 3.8) is 0 Å². The molecule has 0 bridgehead atoms. The molecule has 0 radical (unpaired) electrons. The number of nitrogens with zero attached hydrogens (tertiary/aromatic N) is 2. The van der Waals surface area contributed by atoms with Gasteiger partial charge in [0.1, 0.15) is 0 Å². The van der Waals surface area contributed by atoms with Gasteiger partial charge in [0.2, 0.25) is 0 Å². The van der Waals surface area contributed by atoms with Crippen LogP contribution >= 0.6 is 24.0 Å². The minimum Gasteiger partial charge on any atom is -0.474 e. The topological polar surface area (TPSA) is 98.7 Å². The van der Waals surface area contributed by atoms with Gasteiger partial charge >= 0.3 is 5.69 Å². The average molecular weight is 378 g/mol. The van der Waals surface area contributed by atoms with Crippen LogP contribution in [0.2, 0.25) is 5.02 Å². The zero-order valence-corrected chi connectivity index (χ0v) is 14.9. The van der Waals surface area contributed by atoms with Crippen LogP contribution in [0.4, 0.5) is 5.69 Å². The maximum absolute atomic E-state index is 12.4. The summed E-state index contributed by atoms with van der Waals surface area (Å²) in [6.45, 7) is 3.50. The first kappa shape index (κ1) is 20.5. The normalized spacial score (nSPS) is 16.2. The van der Waals surface area contributed by atoms with Crippen LogP contribution in [0.25, 0.3) is 0 Å². The van der Waals surface area contributed by atoms with Crippen LogP contribution in [-0.2, 0) is 4.79 Å². The Hall–Kier alpha value is -1.57. The molecule has 2 N–H and O–H groups in total. The highest BCUT2D eigenvalue weighted by Crippen LogP contribution is 2.31. The number of halogens is 2. The lowest BCUT2D eigenvalue weighted by Gasteiger charge is -2.33. The monoisotopic (exact) mass is 377 g/mol. The molecule has 1 aliphatic rings. The highest BCUT2D eigenvalue weighted by Gasteiger charge is 2.28. The van der Waals surface area contributed by atoms with E-state index in [1.165, 1.54) is 18.2 Å². The molecule has 1 heterocycles. The van der Waals surface area contributed by atoms with E-state index in [0.717, 1.165) is 12.8 Å². The number of rotatable bonds is 5. The zero-order valence-electron chi connectivity index (χ0n) is 13.3. The van der Waals surface area contributed by atoms with E-state index in [4.69, 9.17) is 22.1 Å². The molecule has 1 saturated heterocycles. The highest BCUT2D eigenvalue weighted by atomic mass is 35.5. The van der Waals surface area contributed by atoms with Crippen LogP contribution in [0.5, 0.6) is 5.75 Å². The van der Waals surface area contributed by atoms with Gasteiger partial charge in [-0.2, -0.15) is 0 Å². The first-order valence-corrected chi connectivity index (χ1v) is 7.89. The molecule has 9 heteroatoms. The number of ether oxygens (including phenoxy) is 1. The minimum absolute atomic E-state index is 0. The van der Waals surface area contributed by atoms with Gasteiger partial charge in [-0.05, 0) is 44.4 Å². The third-order valence-electron chi connectivity index (χ3n) is 4.03. The van der Waals surface area contributed by atoms with Crippen molar-refractivity contribution in [1.82, 2.24) is 4.90 Å². The number of likely N-dealkylation sites (tertiary alicyclic amines) is 1. The predicted octanol–water partition coefficient (Wildman–Crippen LogP) is 2.63. The fourth-order valence-corrected chi connectivity index (χ4v) is 2.79. The number of piperidine rings is 1. The number of hydrogen-bond donors (Lipinski definition) is 1. The number of nitrogens with two attached hydrogens (primary N) is 1. The molecule has 1 aromatic rings. The van der Waals surface area contributed by atoms with Gasteiger partial charge in [-0.3, -0.25) is 14.9 Å². The summed E-state index contributed by atoms with van der Waals surface area (Å²) in [6.07, 6.45) is 0.941. The van der Waals surface area contributed by atoms with Crippen LogP contribution in [0.3, 0.4) is 0 Å². The third-order valence-corrected chi connectivity index (χ3v) is 4.26. The zero-order chi connectivity index (χ0) is 17.0. The van der Waals surface area contributed by atoms with Crippen LogP contribution in [-0.4, -0.2) is 41.5 Å². The van der Waals surface area contributed by atoms with Gasteiger partial charge in [0, 0.05) is 24.2 Å². The number of benzene rings is 1. The predicted molar refractivity (Wildman–Crippen MR) is 93.8 cm³/mol. The molecule has 1 aromatic carbocycles. The first-order chi connectivity index (χ1) is 10.9. The molecular weight excluding hydrogens is 357 g/mol. The minimum atomic E-state index is -0.802. The molecule has 7 nitrogen and oxygen atoms in total. The highest BCUT2D eigenvalue weighted by molar-refractivity contribution is 6.30. The molecule has 0 aromatic heterocycles. The van der Waals surface area contributed by atoms with Gasteiger partial charge in [-0.25, -0.2) is 0 Å². The van der Waals surface area contributed by atoms with E-state index < -0.39 is 11.0 Å². The summed E-state index contributed by atoms with van der Waals surface area (Å²) in [5.74, 6) is 0.314. The fraction of sp³-hybridized carbons (Fsp3) is 0.533. The van der Waals surface area contributed by atoms with Crippen LogP contribution < -0.4 is 10.5 Å². The molecule has 2 rings (SSSR count). The summed E-state index contributed by atoms with van der Waals surface area (Å²) in [4.78, 5) is 24.6. The second-order valence-electron chi connectivity index (χ2n) is 5.63. The Kier molecular flexibility index (Phi) is 7.72. The molecular formula is C15H21Cl2N3O4. The van der Waals surface area contributed by atoms with E-state index in [2.05, 4.69) is 0 Å². The number of carbonyl (C=O) groups excluding carboxylic acids is 1. The van der Waals surface area contributed by atoms with Crippen LogP contribution in [0, 0.1) is 16.0 Å². The third kappa shape index (κ3) is 4.96. The Morgan fingerprint density at radius 2 is 2.12 bits per heavy atom. The lowest BCUT2D eigenvalue weighted by Crippen LogP contribution is -2.45. The first-order valence-electron chi connectivity index (χ1n) is 7.51. The Bertz CT molecular complexity index is 592.